The fraction of sp³-hybridized carbons (Fsp3) is 0.192. The Hall–Kier alpha value is -3.47. The highest BCUT2D eigenvalue weighted by Gasteiger charge is 2.09. The molecule has 3 aromatic carbocycles. The molecule has 3 aromatic rings. The summed E-state index contributed by atoms with van der Waals surface area (Å²) in [6.07, 6.45) is 3.22. The molecule has 3 rings (SSSR count). The van der Waals surface area contributed by atoms with Gasteiger partial charge in [0.15, 0.2) is 17.3 Å². The van der Waals surface area contributed by atoms with Gasteiger partial charge in [-0.15, -0.1) is 0 Å². The minimum absolute atomic E-state index is 0.0258. The zero-order chi connectivity index (χ0) is 22.4. The second-order valence-electron chi connectivity index (χ2n) is 7.41. The Morgan fingerprint density at radius 1 is 0.968 bits per heavy atom. The lowest BCUT2D eigenvalue weighted by molar-refractivity contribution is 0.104. The first-order chi connectivity index (χ1) is 14.9. The van der Waals surface area contributed by atoms with E-state index in [9.17, 15) is 13.6 Å². The van der Waals surface area contributed by atoms with Crippen LogP contribution in [0.25, 0.3) is 6.08 Å². The van der Waals surface area contributed by atoms with Gasteiger partial charge in [-0.05, 0) is 47.4 Å². The summed E-state index contributed by atoms with van der Waals surface area (Å²) in [6.45, 7) is 4.23. The smallest absolute Gasteiger partial charge is 0.185 e. The largest absolute Gasteiger partial charge is 0.496 e. The highest BCUT2D eigenvalue weighted by molar-refractivity contribution is 6.06. The van der Waals surface area contributed by atoms with Gasteiger partial charge in [0.2, 0.25) is 0 Å². The summed E-state index contributed by atoms with van der Waals surface area (Å²) in [5.41, 5.74) is 3.23. The zero-order valence-corrected chi connectivity index (χ0v) is 17.7. The molecular weight excluding hydrogens is 398 g/mol. The average Bonchev–Trinajstić information content (AvgIpc) is 2.77. The first kappa shape index (κ1) is 22.2. The number of hydrogen-bond acceptors (Lipinski definition) is 3. The molecule has 0 saturated heterocycles. The number of hydrogen-bond donors (Lipinski definition) is 0. The highest BCUT2D eigenvalue weighted by Crippen LogP contribution is 2.25. The molecule has 0 radical (unpaired) electrons. The topological polar surface area (TPSA) is 35.5 Å². The van der Waals surface area contributed by atoms with E-state index in [1.54, 1.807) is 18.2 Å². The van der Waals surface area contributed by atoms with Crippen LogP contribution in [0.5, 0.6) is 11.5 Å². The van der Waals surface area contributed by atoms with Gasteiger partial charge in [-0.3, -0.25) is 4.79 Å². The van der Waals surface area contributed by atoms with Crippen LogP contribution in [0.15, 0.2) is 66.7 Å². The fourth-order valence-corrected chi connectivity index (χ4v) is 3.06. The van der Waals surface area contributed by atoms with Crippen molar-refractivity contribution in [3.05, 3.63) is 101 Å². The van der Waals surface area contributed by atoms with Crippen molar-refractivity contribution in [3.63, 3.8) is 0 Å². The third-order valence-electron chi connectivity index (χ3n) is 4.87. The van der Waals surface area contributed by atoms with E-state index < -0.39 is 11.6 Å². The predicted octanol–water partition coefficient (Wildman–Crippen LogP) is 6.57. The van der Waals surface area contributed by atoms with Crippen molar-refractivity contribution >= 4 is 11.9 Å². The Morgan fingerprint density at radius 3 is 2.32 bits per heavy atom. The fourth-order valence-electron chi connectivity index (χ4n) is 3.06. The average molecular weight is 422 g/mol. The van der Waals surface area contributed by atoms with Crippen LogP contribution in [0.2, 0.25) is 0 Å². The lowest BCUT2D eigenvalue weighted by atomic mass is 10.00. The van der Waals surface area contributed by atoms with Crippen molar-refractivity contribution in [3.8, 4) is 11.5 Å². The van der Waals surface area contributed by atoms with Gasteiger partial charge in [-0.2, -0.15) is 0 Å². The molecule has 0 aliphatic heterocycles. The second kappa shape index (κ2) is 10.0. The monoisotopic (exact) mass is 422 g/mol. The maximum absolute atomic E-state index is 13.8. The molecule has 0 N–H and O–H groups in total. The number of halogens is 2. The third-order valence-corrected chi connectivity index (χ3v) is 4.87. The predicted molar refractivity (Wildman–Crippen MR) is 118 cm³/mol. The number of benzene rings is 3. The van der Waals surface area contributed by atoms with Crippen molar-refractivity contribution in [1.29, 1.82) is 0 Å². The van der Waals surface area contributed by atoms with Gasteiger partial charge in [0, 0.05) is 17.2 Å². The lowest BCUT2D eigenvalue weighted by Crippen LogP contribution is -2.01. The minimum Gasteiger partial charge on any atom is -0.496 e. The quantitative estimate of drug-likeness (QED) is 0.304. The van der Waals surface area contributed by atoms with Gasteiger partial charge in [-0.1, -0.05) is 50.3 Å². The SMILES string of the molecule is COc1ccc(/C=C/C(=O)c2ccc(C(C)C)cc2)cc1COc1ccc(F)cc1F. The lowest BCUT2D eigenvalue weighted by Gasteiger charge is -2.12. The Bertz CT molecular complexity index is 1090. The number of methoxy groups -OCH3 is 1. The number of rotatable bonds is 8. The first-order valence-corrected chi connectivity index (χ1v) is 9.94. The van der Waals surface area contributed by atoms with Crippen molar-refractivity contribution in [2.75, 3.05) is 7.11 Å². The highest BCUT2D eigenvalue weighted by atomic mass is 19.1. The molecule has 0 unspecified atom stereocenters. The van der Waals surface area contributed by atoms with Crippen molar-refractivity contribution in [2.45, 2.75) is 26.4 Å². The number of carbonyl (C=O) groups excluding carboxylic acids is 1. The molecule has 5 heteroatoms. The maximum atomic E-state index is 13.8. The molecule has 0 fully saturated rings. The summed E-state index contributed by atoms with van der Waals surface area (Å²) in [5, 5.41) is 0. The van der Waals surface area contributed by atoms with Crippen LogP contribution in [0.1, 0.15) is 46.8 Å². The molecule has 160 valence electrons. The summed E-state index contributed by atoms with van der Waals surface area (Å²) in [4.78, 5) is 12.5. The number of ketones is 1. The van der Waals surface area contributed by atoms with E-state index in [1.807, 2.05) is 30.3 Å². The van der Waals surface area contributed by atoms with Gasteiger partial charge >= 0.3 is 0 Å². The summed E-state index contributed by atoms with van der Waals surface area (Å²) in [5.74, 6) is -0.623. The molecule has 0 aromatic heterocycles. The Labute approximate surface area is 180 Å². The summed E-state index contributed by atoms with van der Waals surface area (Å²) in [6, 6.07) is 16.1. The van der Waals surface area contributed by atoms with Crippen LogP contribution in [0.3, 0.4) is 0 Å². The third kappa shape index (κ3) is 5.79. The van der Waals surface area contributed by atoms with E-state index in [0.717, 1.165) is 17.7 Å². The molecule has 0 spiro atoms. The van der Waals surface area contributed by atoms with Crippen LogP contribution in [0, 0.1) is 11.6 Å². The summed E-state index contributed by atoms with van der Waals surface area (Å²) in [7, 11) is 1.52. The van der Waals surface area contributed by atoms with Gasteiger partial charge in [0.25, 0.3) is 0 Å². The number of allylic oxidation sites excluding steroid dienone is 1. The Kier molecular flexibility index (Phi) is 7.19. The van der Waals surface area contributed by atoms with E-state index in [4.69, 9.17) is 9.47 Å². The van der Waals surface area contributed by atoms with Gasteiger partial charge in [0.1, 0.15) is 18.2 Å². The summed E-state index contributed by atoms with van der Waals surface area (Å²) >= 11 is 0. The number of carbonyl (C=O) groups is 1. The molecule has 3 nitrogen and oxygen atoms in total. The Morgan fingerprint density at radius 2 is 1.68 bits per heavy atom. The second-order valence-corrected chi connectivity index (χ2v) is 7.41. The molecule has 0 aliphatic rings. The first-order valence-electron chi connectivity index (χ1n) is 9.94. The molecule has 0 saturated carbocycles. The Balaban J connectivity index is 1.73. The molecule has 0 atom stereocenters. The van der Waals surface area contributed by atoms with Crippen LogP contribution in [-0.2, 0) is 6.61 Å². The maximum Gasteiger partial charge on any atom is 0.185 e. The minimum atomic E-state index is -0.774. The molecule has 0 heterocycles. The summed E-state index contributed by atoms with van der Waals surface area (Å²) < 4.78 is 37.7. The standard InChI is InChI=1S/C26H24F2O3/c1-17(2)19-6-8-20(9-7-19)24(29)11-4-18-5-12-25(30-3)21(14-18)16-31-26-13-10-22(27)15-23(26)28/h4-15,17H,16H2,1-3H3/b11-4+. The van der Waals surface area contributed by atoms with Crippen molar-refractivity contribution < 1.29 is 23.0 Å². The van der Waals surface area contributed by atoms with Crippen molar-refractivity contribution in [1.82, 2.24) is 0 Å². The molecule has 0 bridgehead atoms. The van der Waals surface area contributed by atoms with E-state index in [0.29, 0.717) is 22.8 Å². The van der Waals surface area contributed by atoms with E-state index >= 15 is 0 Å². The van der Waals surface area contributed by atoms with Crippen LogP contribution in [-0.4, -0.2) is 12.9 Å². The van der Waals surface area contributed by atoms with Crippen LogP contribution in [0.4, 0.5) is 8.78 Å². The molecule has 0 aliphatic carbocycles. The molecule has 31 heavy (non-hydrogen) atoms. The van der Waals surface area contributed by atoms with Gasteiger partial charge in [-0.25, -0.2) is 8.78 Å². The van der Waals surface area contributed by atoms with Crippen LogP contribution >= 0.6 is 0 Å². The van der Waals surface area contributed by atoms with Crippen LogP contribution < -0.4 is 9.47 Å². The number of ether oxygens (including phenoxy) is 2. The van der Waals surface area contributed by atoms with Gasteiger partial charge < -0.3 is 9.47 Å². The normalized spacial score (nSPS) is 11.2. The molecular formula is C26H24F2O3. The van der Waals surface area contributed by atoms with Gasteiger partial charge in [0.05, 0.1) is 7.11 Å². The van der Waals surface area contributed by atoms with E-state index in [-0.39, 0.29) is 18.1 Å². The molecule has 0 amide bonds. The van der Waals surface area contributed by atoms with E-state index in [2.05, 4.69) is 13.8 Å². The van der Waals surface area contributed by atoms with E-state index in [1.165, 1.54) is 24.8 Å². The zero-order valence-electron chi connectivity index (χ0n) is 17.7. The van der Waals surface area contributed by atoms with Crippen molar-refractivity contribution in [2.24, 2.45) is 0 Å².